The molecule has 21 heavy (non-hydrogen) atoms. The minimum atomic E-state index is -3.12. The molecule has 0 spiro atoms. The number of para-hydroxylation sites is 1. The Kier molecular flexibility index (Phi) is 4.88. The summed E-state index contributed by atoms with van der Waals surface area (Å²) in [6.07, 6.45) is 3.17. The van der Waals surface area contributed by atoms with Gasteiger partial charge in [0.2, 0.25) is 5.91 Å². The quantitative estimate of drug-likeness (QED) is 0.767. The molecule has 0 aliphatic heterocycles. The normalized spacial score (nSPS) is 14.8. The van der Waals surface area contributed by atoms with Crippen molar-refractivity contribution in [2.45, 2.75) is 31.8 Å². The van der Waals surface area contributed by atoms with Gasteiger partial charge in [-0.1, -0.05) is 18.2 Å². The molecule has 0 saturated heterocycles. The smallest absolute Gasteiger partial charge is 0.224 e. The van der Waals surface area contributed by atoms with Gasteiger partial charge in [-0.2, -0.15) is 0 Å². The van der Waals surface area contributed by atoms with Gasteiger partial charge in [-0.3, -0.25) is 4.79 Å². The Balaban J connectivity index is 2.07. The summed E-state index contributed by atoms with van der Waals surface area (Å²) < 4.78 is 27.7. The molecule has 0 N–H and O–H groups in total. The van der Waals surface area contributed by atoms with Crippen LogP contribution in [0.3, 0.4) is 0 Å². The maximum absolute atomic E-state index is 12.3. The summed E-state index contributed by atoms with van der Waals surface area (Å²) in [5, 5.41) is 0. The van der Waals surface area contributed by atoms with E-state index in [2.05, 4.69) is 0 Å². The Morgan fingerprint density at radius 3 is 2.57 bits per heavy atom. The predicted octanol–water partition coefficient (Wildman–Crippen LogP) is 1.62. The van der Waals surface area contributed by atoms with E-state index in [-0.39, 0.29) is 24.1 Å². The van der Waals surface area contributed by atoms with Gasteiger partial charge in [-0.15, -0.1) is 0 Å². The first-order chi connectivity index (χ1) is 9.90. The summed E-state index contributed by atoms with van der Waals surface area (Å²) >= 11 is 0. The zero-order chi connectivity index (χ0) is 15.5. The molecule has 5 nitrogen and oxygen atoms in total. The highest BCUT2D eigenvalue weighted by molar-refractivity contribution is 7.90. The molecule has 1 saturated carbocycles. The van der Waals surface area contributed by atoms with E-state index in [9.17, 15) is 13.2 Å². The fraction of sp³-hybridized carbons (Fsp3) is 0.533. The number of hydrogen-bond acceptors (Lipinski definition) is 4. The van der Waals surface area contributed by atoms with Crippen molar-refractivity contribution in [3.63, 3.8) is 0 Å². The largest absolute Gasteiger partial charge is 0.496 e. The zero-order valence-electron chi connectivity index (χ0n) is 12.4. The third-order valence-corrected chi connectivity index (χ3v) is 4.47. The van der Waals surface area contributed by atoms with Crippen LogP contribution in [-0.4, -0.2) is 44.4 Å². The Morgan fingerprint density at radius 2 is 2.00 bits per heavy atom. The maximum atomic E-state index is 12.3. The van der Waals surface area contributed by atoms with Crippen molar-refractivity contribution >= 4 is 15.7 Å². The van der Waals surface area contributed by atoms with Gasteiger partial charge in [0.15, 0.2) is 0 Å². The van der Waals surface area contributed by atoms with Crippen LogP contribution < -0.4 is 4.74 Å². The van der Waals surface area contributed by atoms with Gasteiger partial charge in [0.1, 0.15) is 15.6 Å². The van der Waals surface area contributed by atoms with Gasteiger partial charge >= 0.3 is 0 Å². The van der Waals surface area contributed by atoms with Crippen molar-refractivity contribution in [1.82, 2.24) is 4.90 Å². The molecule has 116 valence electrons. The summed E-state index contributed by atoms with van der Waals surface area (Å²) in [6.45, 7) is 0.470. The first-order valence-electron chi connectivity index (χ1n) is 7.00. The first kappa shape index (κ1) is 15.8. The molecule has 1 amide bonds. The lowest BCUT2D eigenvalue weighted by Gasteiger charge is -2.23. The number of carbonyl (C=O) groups is 1. The van der Waals surface area contributed by atoms with Crippen LogP contribution in [0.25, 0.3) is 0 Å². The monoisotopic (exact) mass is 311 g/mol. The second-order valence-corrected chi connectivity index (χ2v) is 7.70. The number of rotatable bonds is 7. The van der Waals surface area contributed by atoms with E-state index in [4.69, 9.17) is 4.74 Å². The van der Waals surface area contributed by atoms with Crippen LogP contribution in [0, 0.1) is 0 Å². The number of hydrogen-bond donors (Lipinski definition) is 0. The van der Waals surface area contributed by atoms with E-state index in [1.807, 2.05) is 24.3 Å². The van der Waals surface area contributed by atoms with Gasteiger partial charge in [-0.05, 0) is 18.9 Å². The van der Waals surface area contributed by atoms with E-state index < -0.39 is 9.84 Å². The molecule has 0 unspecified atom stereocenters. The second kappa shape index (κ2) is 6.47. The number of methoxy groups -OCH3 is 1. The summed E-state index contributed by atoms with van der Waals surface area (Å²) in [6, 6.07) is 7.82. The third kappa shape index (κ3) is 4.74. The molecule has 0 radical (unpaired) electrons. The minimum absolute atomic E-state index is 0.0461. The van der Waals surface area contributed by atoms with Gasteiger partial charge in [0.25, 0.3) is 0 Å². The van der Waals surface area contributed by atoms with Crippen LogP contribution in [-0.2, 0) is 21.2 Å². The van der Waals surface area contributed by atoms with Crippen LogP contribution in [0.5, 0.6) is 5.75 Å². The molecule has 1 fully saturated rings. The molecule has 0 aromatic heterocycles. The zero-order valence-corrected chi connectivity index (χ0v) is 13.2. The molecule has 6 heteroatoms. The van der Waals surface area contributed by atoms with Crippen LogP contribution >= 0.6 is 0 Å². The maximum Gasteiger partial charge on any atom is 0.224 e. The lowest BCUT2D eigenvalue weighted by Crippen LogP contribution is -2.33. The highest BCUT2D eigenvalue weighted by Crippen LogP contribution is 2.30. The lowest BCUT2D eigenvalue weighted by atomic mass is 10.2. The highest BCUT2D eigenvalue weighted by Gasteiger charge is 2.33. The first-order valence-corrected chi connectivity index (χ1v) is 9.06. The van der Waals surface area contributed by atoms with E-state index in [1.54, 1.807) is 12.0 Å². The number of amides is 1. The molecule has 0 atom stereocenters. The van der Waals surface area contributed by atoms with Crippen LogP contribution in [0.1, 0.15) is 24.8 Å². The van der Waals surface area contributed by atoms with Gasteiger partial charge < -0.3 is 9.64 Å². The third-order valence-electron chi connectivity index (χ3n) is 3.53. The molecule has 1 aliphatic rings. The predicted molar refractivity (Wildman–Crippen MR) is 80.9 cm³/mol. The molecule has 2 rings (SSSR count). The van der Waals surface area contributed by atoms with E-state index in [1.165, 1.54) is 0 Å². The average Bonchev–Trinajstić information content (AvgIpc) is 3.26. The standard InChI is InChI=1S/C15H21NO4S/c1-20-14-6-4-3-5-12(14)11-16(13-7-8-13)15(17)9-10-21(2,18)19/h3-6,13H,7-11H2,1-2H3. The lowest BCUT2D eigenvalue weighted by molar-refractivity contribution is -0.132. The fourth-order valence-electron chi connectivity index (χ4n) is 2.24. The molecular weight excluding hydrogens is 290 g/mol. The Bertz CT molecular complexity index is 608. The molecular formula is C15H21NO4S. The SMILES string of the molecule is COc1ccccc1CN(C(=O)CCS(C)(=O)=O)C1CC1. The summed E-state index contributed by atoms with van der Waals surface area (Å²) in [5.74, 6) is 0.550. The van der Waals surface area contributed by atoms with E-state index in [0.29, 0.717) is 6.54 Å². The van der Waals surface area contributed by atoms with Crippen molar-refractivity contribution in [3.05, 3.63) is 29.8 Å². The van der Waals surface area contributed by atoms with Gasteiger partial charge in [0, 0.05) is 30.8 Å². The van der Waals surface area contributed by atoms with Gasteiger partial charge in [-0.25, -0.2) is 8.42 Å². The topological polar surface area (TPSA) is 63.7 Å². The summed E-state index contributed by atoms with van der Waals surface area (Å²) in [5.41, 5.74) is 0.944. The van der Waals surface area contributed by atoms with Crippen molar-refractivity contribution in [2.24, 2.45) is 0 Å². The molecule has 0 bridgehead atoms. The Hall–Kier alpha value is -1.56. The number of benzene rings is 1. The van der Waals surface area contributed by atoms with Crippen LogP contribution in [0.2, 0.25) is 0 Å². The number of sulfone groups is 1. The van der Waals surface area contributed by atoms with E-state index in [0.717, 1.165) is 30.4 Å². The minimum Gasteiger partial charge on any atom is -0.496 e. The fourth-order valence-corrected chi connectivity index (χ4v) is 2.79. The number of ether oxygens (including phenoxy) is 1. The van der Waals surface area contributed by atoms with Gasteiger partial charge in [0.05, 0.1) is 12.9 Å². The van der Waals surface area contributed by atoms with E-state index >= 15 is 0 Å². The Labute approximate surface area is 125 Å². The van der Waals surface area contributed by atoms with Crippen molar-refractivity contribution < 1.29 is 17.9 Å². The highest BCUT2D eigenvalue weighted by atomic mass is 32.2. The number of carbonyl (C=O) groups excluding carboxylic acids is 1. The Morgan fingerprint density at radius 1 is 1.33 bits per heavy atom. The van der Waals surface area contributed by atoms with Crippen LogP contribution in [0.15, 0.2) is 24.3 Å². The molecule has 0 heterocycles. The van der Waals surface area contributed by atoms with Crippen molar-refractivity contribution in [1.29, 1.82) is 0 Å². The average molecular weight is 311 g/mol. The van der Waals surface area contributed by atoms with Crippen molar-refractivity contribution in [3.8, 4) is 5.75 Å². The molecule has 1 aromatic carbocycles. The van der Waals surface area contributed by atoms with Crippen LogP contribution in [0.4, 0.5) is 0 Å². The summed E-state index contributed by atoms with van der Waals surface area (Å²) in [4.78, 5) is 14.1. The number of nitrogens with zero attached hydrogens (tertiary/aromatic N) is 1. The molecule has 1 aliphatic carbocycles. The second-order valence-electron chi connectivity index (χ2n) is 5.44. The molecule has 1 aromatic rings. The summed E-state index contributed by atoms with van der Waals surface area (Å²) in [7, 11) is -1.51. The van der Waals surface area contributed by atoms with Crippen molar-refractivity contribution in [2.75, 3.05) is 19.1 Å².